The highest BCUT2D eigenvalue weighted by atomic mass is 16.5. The summed E-state index contributed by atoms with van der Waals surface area (Å²) < 4.78 is 11.1. The summed E-state index contributed by atoms with van der Waals surface area (Å²) in [7, 11) is 0. The fraction of sp³-hybridized carbons (Fsp3) is 0.500. The minimum Gasteiger partial charge on any atom is -0.475 e. The van der Waals surface area contributed by atoms with Gasteiger partial charge in [0.05, 0.1) is 13.2 Å². The summed E-state index contributed by atoms with van der Waals surface area (Å²) in [6.07, 6.45) is 0.122. The van der Waals surface area contributed by atoms with Crippen molar-refractivity contribution >= 4 is 0 Å². The number of morpholine rings is 1. The second-order valence-corrected chi connectivity index (χ2v) is 3.68. The molecule has 1 heterocycles. The lowest BCUT2D eigenvalue weighted by molar-refractivity contribution is -0.0373. The van der Waals surface area contributed by atoms with Crippen LogP contribution >= 0.6 is 0 Å². The highest BCUT2D eigenvalue weighted by molar-refractivity contribution is 5.21. The van der Waals surface area contributed by atoms with E-state index in [4.69, 9.17) is 9.47 Å². The predicted molar refractivity (Wildman–Crippen MR) is 58.9 cm³/mol. The van der Waals surface area contributed by atoms with Crippen molar-refractivity contribution in [2.45, 2.75) is 13.2 Å². The largest absolute Gasteiger partial charge is 0.475 e. The van der Waals surface area contributed by atoms with Crippen LogP contribution in [-0.4, -0.2) is 37.4 Å². The van der Waals surface area contributed by atoms with Crippen LogP contribution in [0.25, 0.3) is 0 Å². The summed E-state index contributed by atoms with van der Waals surface area (Å²) in [5, 5.41) is 0. The smallest absolute Gasteiger partial charge is 0.149 e. The lowest BCUT2D eigenvalue weighted by atomic mass is 10.3. The first-order valence-electron chi connectivity index (χ1n) is 5.40. The fourth-order valence-electron chi connectivity index (χ4n) is 1.71. The van der Waals surface area contributed by atoms with Crippen molar-refractivity contribution in [2.24, 2.45) is 0 Å². The van der Waals surface area contributed by atoms with Crippen molar-refractivity contribution in [3.05, 3.63) is 30.3 Å². The number of hydrogen-bond donors (Lipinski definition) is 0. The maximum atomic E-state index is 5.82. The predicted octanol–water partition coefficient (Wildman–Crippen LogP) is 1.74. The first kappa shape index (κ1) is 10.5. The van der Waals surface area contributed by atoms with Crippen LogP contribution < -0.4 is 4.74 Å². The summed E-state index contributed by atoms with van der Waals surface area (Å²) in [5.41, 5.74) is 0. The third-order valence-electron chi connectivity index (χ3n) is 2.61. The monoisotopic (exact) mass is 207 g/mol. The molecule has 1 aromatic rings. The van der Waals surface area contributed by atoms with Crippen LogP contribution in [0, 0.1) is 0 Å². The first-order valence-corrected chi connectivity index (χ1v) is 5.40. The highest BCUT2D eigenvalue weighted by Gasteiger charge is 2.17. The van der Waals surface area contributed by atoms with Crippen LogP contribution in [-0.2, 0) is 4.74 Å². The Morgan fingerprint density at radius 2 is 1.87 bits per heavy atom. The average Bonchev–Trinajstić information content (AvgIpc) is 2.31. The van der Waals surface area contributed by atoms with Crippen molar-refractivity contribution in [3.8, 4) is 5.75 Å². The quantitative estimate of drug-likeness (QED) is 0.753. The molecule has 3 nitrogen and oxygen atoms in total. The van der Waals surface area contributed by atoms with E-state index in [1.165, 1.54) is 0 Å². The summed E-state index contributed by atoms with van der Waals surface area (Å²) in [6.45, 7) is 5.60. The van der Waals surface area contributed by atoms with E-state index < -0.39 is 0 Å². The molecule has 1 saturated heterocycles. The van der Waals surface area contributed by atoms with E-state index in [1.807, 2.05) is 30.3 Å². The molecule has 0 spiro atoms. The number of benzene rings is 1. The second kappa shape index (κ2) is 5.14. The van der Waals surface area contributed by atoms with E-state index in [2.05, 4.69) is 11.8 Å². The summed E-state index contributed by atoms with van der Waals surface area (Å²) in [6, 6.07) is 9.93. The molecule has 3 heteroatoms. The molecule has 1 unspecified atom stereocenters. The third-order valence-corrected chi connectivity index (χ3v) is 2.61. The van der Waals surface area contributed by atoms with Gasteiger partial charge in [-0.25, -0.2) is 0 Å². The number of para-hydroxylation sites is 1. The summed E-state index contributed by atoms with van der Waals surface area (Å²) >= 11 is 0. The molecule has 0 aliphatic carbocycles. The van der Waals surface area contributed by atoms with Gasteiger partial charge >= 0.3 is 0 Å². The fourth-order valence-corrected chi connectivity index (χ4v) is 1.71. The Balaban J connectivity index is 1.88. The van der Waals surface area contributed by atoms with Crippen LogP contribution in [0.5, 0.6) is 5.75 Å². The first-order chi connectivity index (χ1) is 7.36. The maximum Gasteiger partial charge on any atom is 0.149 e. The van der Waals surface area contributed by atoms with Crippen molar-refractivity contribution < 1.29 is 9.47 Å². The van der Waals surface area contributed by atoms with Crippen molar-refractivity contribution in [1.82, 2.24) is 4.90 Å². The molecule has 0 amide bonds. The lowest BCUT2D eigenvalue weighted by Crippen LogP contribution is -2.44. The van der Waals surface area contributed by atoms with Gasteiger partial charge in [-0.3, -0.25) is 4.90 Å². The molecule has 0 bridgehead atoms. The van der Waals surface area contributed by atoms with Crippen LogP contribution in [0.1, 0.15) is 6.92 Å². The SMILES string of the molecule is CC(Oc1ccccc1)N1CCOCC1. The zero-order valence-electron chi connectivity index (χ0n) is 9.06. The molecule has 1 atom stereocenters. The summed E-state index contributed by atoms with van der Waals surface area (Å²) in [4.78, 5) is 2.29. The van der Waals surface area contributed by atoms with Crippen LogP contribution in [0.4, 0.5) is 0 Å². The molecule has 1 aliphatic rings. The topological polar surface area (TPSA) is 21.7 Å². The van der Waals surface area contributed by atoms with Gasteiger partial charge in [0.2, 0.25) is 0 Å². The van der Waals surface area contributed by atoms with E-state index in [9.17, 15) is 0 Å². The zero-order valence-corrected chi connectivity index (χ0v) is 9.06. The van der Waals surface area contributed by atoms with E-state index in [0.29, 0.717) is 0 Å². The molecule has 82 valence electrons. The van der Waals surface area contributed by atoms with Crippen molar-refractivity contribution in [1.29, 1.82) is 0 Å². The third kappa shape index (κ3) is 2.94. The molecule has 1 fully saturated rings. The Morgan fingerprint density at radius 1 is 1.20 bits per heavy atom. The standard InChI is InChI=1S/C12H17NO2/c1-11(13-7-9-14-10-8-13)15-12-5-3-2-4-6-12/h2-6,11H,7-10H2,1H3. The molecule has 0 aromatic heterocycles. The van der Waals surface area contributed by atoms with Crippen LogP contribution in [0.15, 0.2) is 30.3 Å². The second-order valence-electron chi connectivity index (χ2n) is 3.68. The Kier molecular flexibility index (Phi) is 3.59. The molecule has 15 heavy (non-hydrogen) atoms. The molecule has 1 aliphatic heterocycles. The Bertz CT molecular complexity index is 283. The Hall–Kier alpha value is -1.06. The highest BCUT2D eigenvalue weighted by Crippen LogP contribution is 2.13. The van der Waals surface area contributed by atoms with Crippen LogP contribution in [0.2, 0.25) is 0 Å². The van der Waals surface area contributed by atoms with Gasteiger partial charge in [0, 0.05) is 13.1 Å². The molecule has 0 radical (unpaired) electrons. The Labute approximate surface area is 90.6 Å². The number of hydrogen-bond acceptors (Lipinski definition) is 3. The average molecular weight is 207 g/mol. The van der Waals surface area contributed by atoms with Gasteiger partial charge in [0.25, 0.3) is 0 Å². The molecule has 0 saturated carbocycles. The molecule has 2 rings (SSSR count). The van der Waals surface area contributed by atoms with E-state index in [-0.39, 0.29) is 6.23 Å². The van der Waals surface area contributed by atoms with E-state index >= 15 is 0 Å². The van der Waals surface area contributed by atoms with Crippen LogP contribution in [0.3, 0.4) is 0 Å². The van der Waals surface area contributed by atoms with Gasteiger partial charge in [0.15, 0.2) is 0 Å². The molecular formula is C12H17NO2. The minimum atomic E-state index is 0.122. The summed E-state index contributed by atoms with van der Waals surface area (Å²) in [5.74, 6) is 0.927. The van der Waals surface area contributed by atoms with Gasteiger partial charge < -0.3 is 9.47 Å². The van der Waals surface area contributed by atoms with Crippen molar-refractivity contribution in [3.63, 3.8) is 0 Å². The van der Waals surface area contributed by atoms with E-state index in [0.717, 1.165) is 32.1 Å². The minimum absolute atomic E-state index is 0.122. The van der Waals surface area contributed by atoms with Crippen molar-refractivity contribution in [2.75, 3.05) is 26.3 Å². The van der Waals surface area contributed by atoms with Gasteiger partial charge in [-0.2, -0.15) is 0 Å². The van der Waals surface area contributed by atoms with Gasteiger partial charge in [0.1, 0.15) is 12.0 Å². The number of ether oxygens (including phenoxy) is 2. The molecule has 1 aromatic carbocycles. The number of rotatable bonds is 3. The number of nitrogens with zero attached hydrogens (tertiary/aromatic N) is 1. The zero-order chi connectivity index (χ0) is 10.5. The Morgan fingerprint density at radius 3 is 2.53 bits per heavy atom. The molecular weight excluding hydrogens is 190 g/mol. The van der Waals surface area contributed by atoms with Gasteiger partial charge in [-0.05, 0) is 19.1 Å². The normalized spacial score (nSPS) is 19.8. The van der Waals surface area contributed by atoms with Gasteiger partial charge in [-0.15, -0.1) is 0 Å². The van der Waals surface area contributed by atoms with Gasteiger partial charge in [-0.1, -0.05) is 18.2 Å². The maximum absolute atomic E-state index is 5.82. The van der Waals surface area contributed by atoms with E-state index in [1.54, 1.807) is 0 Å². The lowest BCUT2D eigenvalue weighted by Gasteiger charge is -2.32. The molecule has 0 N–H and O–H groups in total.